The Labute approximate surface area is 324 Å². The molecule has 0 bridgehead atoms. The SMILES string of the molecule is CC(C)C[C@@H](C(=O)N1CCCC[C@@H]1C(=O)N[C@@H](COc1cnc2ccccc2c1C(=O)OCc1ccccc1)Cc1ccccc1)N(C)C(=O)OC(C)(C)C. The molecule has 0 aliphatic carbocycles. The highest BCUT2D eigenvalue weighted by atomic mass is 16.6. The van der Waals surface area contributed by atoms with Crippen molar-refractivity contribution >= 4 is 34.8 Å². The number of esters is 1. The first kappa shape index (κ1) is 40.7. The lowest BCUT2D eigenvalue weighted by atomic mass is 9.96. The van der Waals surface area contributed by atoms with Crippen LogP contribution in [0.15, 0.2) is 91.1 Å². The number of carbonyl (C=O) groups excluding carboxylic acids is 4. The van der Waals surface area contributed by atoms with Gasteiger partial charge < -0.3 is 24.4 Å². The van der Waals surface area contributed by atoms with Crippen molar-refractivity contribution in [3.63, 3.8) is 0 Å². The van der Waals surface area contributed by atoms with Crippen LogP contribution >= 0.6 is 0 Å². The molecule has 3 amide bonds. The average molecular weight is 751 g/mol. The first-order chi connectivity index (χ1) is 26.3. The maximum Gasteiger partial charge on any atom is 0.410 e. The van der Waals surface area contributed by atoms with E-state index in [1.807, 2.05) is 92.7 Å². The zero-order valence-electron chi connectivity index (χ0n) is 32.8. The fraction of sp³-hybridized carbons (Fsp3) is 0.432. The number of nitrogens with one attached hydrogen (secondary N) is 1. The van der Waals surface area contributed by atoms with Crippen LogP contribution in [0.2, 0.25) is 0 Å². The van der Waals surface area contributed by atoms with Crippen LogP contribution in [0.3, 0.4) is 0 Å². The van der Waals surface area contributed by atoms with E-state index in [-0.39, 0.29) is 42.3 Å². The van der Waals surface area contributed by atoms with Gasteiger partial charge in [0.15, 0.2) is 5.75 Å². The molecule has 55 heavy (non-hydrogen) atoms. The number of nitrogens with zero attached hydrogens (tertiary/aromatic N) is 3. The van der Waals surface area contributed by atoms with Crippen LogP contribution in [0.5, 0.6) is 5.75 Å². The Morgan fingerprint density at radius 3 is 2.24 bits per heavy atom. The average Bonchev–Trinajstić information content (AvgIpc) is 3.17. The lowest BCUT2D eigenvalue weighted by Crippen LogP contribution is -2.59. The van der Waals surface area contributed by atoms with E-state index in [1.165, 1.54) is 11.1 Å². The topological polar surface area (TPSA) is 127 Å². The highest BCUT2D eigenvalue weighted by molar-refractivity contribution is 6.05. The fourth-order valence-corrected chi connectivity index (χ4v) is 6.77. The number of likely N-dealkylation sites (N-methyl/N-ethyl adjacent to an activating group) is 1. The van der Waals surface area contributed by atoms with Gasteiger partial charge in [0.05, 0.1) is 17.8 Å². The normalized spacial score (nSPS) is 15.5. The van der Waals surface area contributed by atoms with Crippen molar-refractivity contribution in [2.45, 2.75) is 97.1 Å². The molecule has 4 aromatic rings. The summed E-state index contributed by atoms with van der Waals surface area (Å²) in [5.41, 5.74) is 1.96. The number of likely N-dealkylation sites (tertiary alicyclic amines) is 1. The predicted octanol–water partition coefficient (Wildman–Crippen LogP) is 7.36. The minimum atomic E-state index is -0.799. The van der Waals surface area contributed by atoms with Gasteiger partial charge in [0, 0.05) is 19.0 Å². The monoisotopic (exact) mass is 750 g/mol. The summed E-state index contributed by atoms with van der Waals surface area (Å²) >= 11 is 0. The van der Waals surface area contributed by atoms with Gasteiger partial charge in [-0.25, -0.2) is 9.59 Å². The van der Waals surface area contributed by atoms with Gasteiger partial charge in [-0.3, -0.25) is 19.5 Å². The Kier molecular flexibility index (Phi) is 13.9. The molecule has 0 unspecified atom stereocenters. The molecule has 1 N–H and O–H groups in total. The summed E-state index contributed by atoms with van der Waals surface area (Å²) in [4.78, 5) is 63.0. The second-order valence-electron chi connectivity index (χ2n) is 15.6. The largest absolute Gasteiger partial charge is 0.489 e. The Balaban J connectivity index is 1.38. The fourth-order valence-electron chi connectivity index (χ4n) is 6.77. The van der Waals surface area contributed by atoms with Gasteiger partial charge in [-0.05, 0) is 76.0 Å². The maximum absolute atomic E-state index is 14.3. The molecule has 3 aromatic carbocycles. The van der Waals surface area contributed by atoms with Gasteiger partial charge in [0.25, 0.3) is 0 Å². The van der Waals surface area contributed by atoms with Gasteiger partial charge in [-0.1, -0.05) is 92.7 Å². The molecule has 2 heterocycles. The predicted molar refractivity (Wildman–Crippen MR) is 211 cm³/mol. The second-order valence-corrected chi connectivity index (χ2v) is 15.6. The molecule has 0 saturated carbocycles. The van der Waals surface area contributed by atoms with E-state index in [9.17, 15) is 19.2 Å². The molecule has 1 aliphatic rings. The zero-order chi connectivity index (χ0) is 39.5. The molecule has 0 spiro atoms. The number of piperidine rings is 1. The third-order valence-corrected chi connectivity index (χ3v) is 9.49. The summed E-state index contributed by atoms with van der Waals surface area (Å²) in [5, 5.41) is 3.77. The summed E-state index contributed by atoms with van der Waals surface area (Å²) in [6.45, 7) is 9.84. The number of carbonyl (C=O) groups is 4. The Morgan fingerprint density at radius 2 is 1.56 bits per heavy atom. The van der Waals surface area contributed by atoms with Crippen molar-refractivity contribution in [2.24, 2.45) is 5.92 Å². The molecule has 11 nitrogen and oxygen atoms in total. The lowest BCUT2D eigenvalue weighted by Gasteiger charge is -2.40. The van der Waals surface area contributed by atoms with Gasteiger partial charge in [0.1, 0.15) is 36.5 Å². The van der Waals surface area contributed by atoms with E-state index in [2.05, 4.69) is 10.3 Å². The molecule has 11 heteroatoms. The van der Waals surface area contributed by atoms with Crippen molar-refractivity contribution in [1.29, 1.82) is 0 Å². The first-order valence-electron chi connectivity index (χ1n) is 19.1. The number of hydrogen-bond donors (Lipinski definition) is 1. The van der Waals surface area contributed by atoms with Gasteiger partial charge in [0.2, 0.25) is 11.8 Å². The van der Waals surface area contributed by atoms with Crippen molar-refractivity contribution in [3.8, 4) is 5.75 Å². The van der Waals surface area contributed by atoms with Gasteiger partial charge >= 0.3 is 12.1 Å². The number of aromatic nitrogens is 1. The minimum Gasteiger partial charge on any atom is -0.489 e. The van der Waals surface area contributed by atoms with Gasteiger partial charge in [-0.15, -0.1) is 0 Å². The van der Waals surface area contributed by atoms with Crippen LogP contribution < -0.4 is 10.1 Å². The first-order valence-corrected chi connectivity index (χ1v) is 19.1. The highest BCUT2D eigenvalue weighted by Gasteiger charge is 2.40. The highest BCUT2D eigenvalue weighted by Crippen LogP contribution is 2.28. The van der Waals surface area contributed by atoms with Crippen LogP contribution in [-0.2, 0) is 32.1 Å². The summed E-state index contributed by atoms with van der Waals surface area (Å²) in [6.07, 6.45) is 3.77. The number of para-hydroxylation sites is 1. The van der Waals surface area contributed by atoms with E-state index >= 15 is 0 Å². The molecule has 1 saturated heterocycles. The maximum atomic E-state index is 14.3. The molecule has 5 rings (SSSR count). The van der Waals surface area contributed by atoms with E-state index < -0.39 is 35.8 Å². The van der Waals surface area contributed by atoms with Gasteiger partial charge in [-0.2, -0.15) is 0 Å². The molecule has 3 atom stereocenters. The lowest BCUT2D eigenvalue weighted by molar-refractivity contribution is -0.146. The van der Waals surface area contributed by atoms with Crippen LogP contribution in [-0.4, -0.2) is 82.6 Å². The number of benzene rings is 3. The smallest absolute Gasteiger partial charge is 0.410 e. The Morgan fingerprint density at radius 1 is 0.909 bits per heavy atom. The van der Waals surface area contributed by atoms with Crippen molar-refractivity contribution < 1.29 is 33.4 Å². The summed E-state index contributed by atoms with van der Waals surface area (Å²) in [6, 6.07) is 24.4. The van der Waals surface area contributed by atoms with E-state index in [4.69, 9.17) is 14.2 Å². The van der Waals surface area contributed by atoms with Crippen molar-refractivity contribution in [1.82, 2.24) is 20.1 Å². The number of rotatable bonds is 14. The molecule has 1 aliphatic heterocycles. The third kappa shape index (κ3) is 11.3. The summed E-state index contributed by atoms with van der Waals surface area (Å²) < 4.78 is 17.8. The molecular formula is C44H54N4O7. The van der Waals surface area contributed by atoms with Crippen LogP contribution in [0.4, 0.5) is 4.79 Å². The second kappa shape index (κ2) is 18.7. The number of amides is 3. The molecule has 1 fully saturated rings. The Bertz CT molecular complexity index is 1910. The standard InChI is InChI=1S/C44H54N4O7/c1-30(2)25-37(47(6)43(52)55-44(3,4)5)41(50)48-24-16-15-23-36(48)40(49)46-33(26-31-17-9-7-10-18-31)29-53-38-27-45-35-22-14-13-21-34(35)39(38)42(51)54-28-32-19-11-8-12-20-32/h7-14,17-22,27,30,33,36-37H,15-16,23-26,28-29H2,1-6H3,(H,46,49)/t33-,36-,37+/m1/s1. The molecule has 0 radical (unpaired) electrons. The van der Waals surface area contributed by atoms with Crippen LogP contribution in [0, 0.1) is 5.92 Å². The van der Waals surface area contributed by atoms with Crippen molar-refractivity contribution in [3.05, 3.63) is 108 Å². The number of pyridine rings is 1. The Hall–Kier alpha value is -5.45. The van der Waals surface area contributed by atoms with Crippen molar-refractivity contribution in [2.75, 3.05) is 20.2 Å². The van der Waals surface area contributed by atoms with Crippen LogP contribution in [0.25, 0.3) is 10.9 Å². The number of fused-ring (bicyclic) bond motifs is 1. The third-order valence-electron chi connectivity index (χ3n) is 9.49. The summed E-state index contributed by atoms with van der Waals surface area (Å²) in [5.74, 6) is -0.794. The van der Waals surface area contributed by atoms with E-state index in [0.717, 1.165) is 24.0 Å². The molecule has 292 valence electrons. The van der Waals surface area contributed by atoms with E-state index in [1.54, 1.807) is 38.8 Å². The number of ether oxygens (including phenoxy) is 3. The molecule has 1 aromatic heterocycles. The summed E-state index contributed by atoms with van der Waals surface area (Å²) in [7, 11) is 1.58. The molecular weight excluding hydrogens is 697 g/mol. The quantitative estimate of drug-likeness (QED) is 0.133. The minimum absolute atomic E-state index is 0.0115. The number of hydrogen-bond acceptors (Lipinski definition) is 8. The zero-order valence-corrected chi connectivity index (χ0v) is 32.8. The van der Waals surface area contributed by atoms with E-state index in [0.29, 0.717) is 36.7 Å². The van der Waals surface area contributed by atoms with Crippen LogP contribution in [0.1, 0.15) is 81.8 Å².